The van der Waals surface area contributed by atoms with Crippen molar-refractivity contribution in [3.8, 4) is 11.6 Å². The number of hydrogen-bond acceptors (Lipinski definition) is 5. The van der Waals surface area contributed by atoms with Crippen LogP contribution in [0.15, 0.2) is 47.6 Å². The summed E-state index contributed by atoms with van der Waals surface area (Å²) in [6.45, 7) is 3.44. The van der Waals surface area contributed by atoms with Crippen molar-refractivity contribution in [2.24, 2.45) is 4.99 Å². The van der Waals surface area contributed by atoms with E-state index in [1.54, 1.807) is 30.5 Å². The Morgan fingerprint density at radius 1 is 1.36 bits per heavy atom. The standard InChI is InChI=1S/C16H17FN4O/c1-11-9-19-16(21-11)20-10-12-6-7-18-15(8-12)22-14-5-3-2-4-13(14)17/h2-8,11H,9-10H2,1H3,(H2,19,20,21). The van der Waals surface area contributed by atoms with Crippen molar-refractivity contribution in [2.45, 2.75) is 19.5 Å². The molecule has 1 aromatic carbocycles. The molecule has 6 heteroatoms. The minimum atomic E-state index is -0.411. The third-order valence-corrected chi connectivity index (χ3v) is 3.22. The maximum Gasteiger partial charge on any atom is 0.219 e. The van der Waals surface area contributed by atoms with Gasteiger partial charge in [-0.2, -0.15) is 0 Å². The zero-order valence-corrected chi connectivity index (χ0v) is 12.2. The molecule has 0 saturated carbocycles. The molecule has 1 aliphatic heterocycles. The first-order chi connectivity index (χ1) is 10.7. The Balaban J connectivity index is 1.64. The maximum absolute atomic E-state index is 13.6. The molecule has 0 spiro atoms. The molecule has 2 aromatic rings. The molecule has 0 amide bonds. The van der Waals surface area contributed by atoms with Gasteiger partial charge in [0.1, 0.15) is 0 Å². The second-order valence-electron chi connectivity index (χ2n) is 5.12. The lowest BCUT2D eigenvalue weighted by Gasteiger charge is -2.10. The van der Waals surface area contributed by atoms with E-state index in [9.17, 15) is 4.39 Å². The van der Waals surface area contributed by atoms with E-state index in [-0.39, 0.29) is 5.75 Å². The molecular formula is C16H17FN4O. The number of aromatic nitrogens is 1. The van der Waals surface area contributed by atoms with Crippen molar-refractivity contribution in [3.05, 3.63) is 54.0 Å². The van der Waals surface area contributed by atoms with E-state index in [0.717, 1.165) is 18.1 Å². The van der Waals surface area contributed by atoms with Crippen molar-refractivity contribution in [3.63, 3.8) is 0 Å². The van der Waals surface area contributed by atoms with Crippen LogP contribution in [-0.4, -0.2) is 23.5 Å². The quantitative estimate of drug-likeness (QED) is 0.910. The van der Waals surface area contributed by atoms with Crippen LogP contribution in [0.3, 0.4) is 0 Å². The van der Waals surface area contributed by atoms with Crippen molar-refractivity contribution in [1.82, 2.24) is 15.6 Å². The number of pyridine rings is 1. The molecule has 0 radical (unpaired) electrons. The highest BCUT2D eigenvalue weighted by Gasteiger charge is 2.11. The summed E-state index contributed by atoms with van der Waals surface area (Å²) in [6, 6.07) is 10.3. The summed E-state index contributed by atoms with van der Waals surface area (Å²) < 4.78 is 19.1. The Hall–Kier alpha value is -2.63. The van der Waals surface area contributed by atoms with Gasteiger partial charge >= 0.3 is 0 Å². The molecule has 114 valence electrons. The Kier molecular flexibility index (Phi) is 4.18. The lowest BCUT2D eigenvalue weighted by molar-refractivity contribution is 0.427. The van der Waals surface area contributed by atoms with Gasteiger partial charge in [0.05, 0.1) is 6.54 Å². The van der Waals surface area contributed by atoms with E-state index in [1.807, 2.05) is 6.07 Å². The summed E-state index contributed by atoms with van der Waals surface area (Å²) in [5, 5.41) is 6.44. The highest BCUT2D eigenvalue weighted by atomic mass is 19.1. The minimum absolute atomic E-state index is 0.163. The number of ether oxygens (including phenoxy) is 1. The number of hydrogen-bond donors (Lipinski definition) is 2. The number of aliphatic imine (C=N–C) groups is 1. The molecule has 1 unspecified atom stereocenters. The van der Waals surface area contributed by atoms with E-state index < -0.39 is 5.82 Å². The molecular weight excluding hydrogens is 283 g/mol. The van der Waals surface area contributed by atoms with E-state index in [2.05, 4.69) is 27.5 Å². The number of para-hydroxylation sites is 1. The van der Waals surface area contributed by atoms with Gasteiger partial charge in [-0.1, -0.05) is 12.1 Å². The molecule has 0 fully saturated rings. The Morgan fingerprint density at radius 3 is 3.00 bits per heavy atom. The number of nitrogens with zero attached hydrogens (tertiary/aromatic N) is 2. The van der Waals surface area contributed by atoms with Crippen LogP contribution in [0.4, 0.5) is 4.39 Å². The third-order valence-electron chi connectivity index (χ3n) is 3.22. The van der Waals surface area contributed by atoms with Crippen LogP contribution in [0.5, 0.6) is 11.6 Å². The molecule has 2 heterocycles. The average Bonchev–Trinajstić information content (AvgIpc) is 2.94. The van der Waals surface area contributed by atoms with E-state index in [4.69, 9.17) is 4.74 Å². The fourth-order valence-electron chi connectivity index (χ4n) is 2.10. The van der Waals surface area contributed by atoms with E-state index in [1.165, 1.54) is 6.07 Å². The van der Waals surface area contributed by atoms with Crippen molar-refractivity contribution < 1.29 is 9.13 Å². The number of halogens is 1. The van der Waals surface area contributed by atoms with Gasteiger partial charge in [0, 0.05) is 24.8 Å². The fourth-order valence-corrected chi connectivity index (χ4v) is 2.10. The second-order valence-corrected chi connectivity index (χ2v) is 5.12. The lowest BCUT2D eigenvalue weighted by atomic mass is 10.2. The highest BCUT2D eigenvalue weighted by Crippen LogP contribution is 2.22. The molecule has 22 heavy (non-hydrogen) atoms. The first-order valence-electron chi connectivity index (χ1n) is 7.13. The predicted octanol–water partition coefficient (Wildman–Crippen LogP) is 2.45. The molecule has 5 nitrogen and oxygen atoms in total. The summed E-state index contributed by atoms with van der Waals surface area (Å²) in [4.78, 5) is 8.44. The lowest BCUT2D eigenvalue weighted by Crippen LogP contribution is -2.37. The van der Waals surface area contributed by atoms with Crippen molar-refractivity contribution in [2.75, 3.05) is 6.54 Å². The average molecular weight is 300 g/mol. The fraction of sp³-hybridized carbons (Fsp3) is 0.250. The summed E-state index contributed by atoms with van der Waals surface area (Å²) in [5.74, 6) is 0.905. The van der Waals surface area contributed by atoms with Gasteiger partial charge in [-0.15, -0.1) is 0 Å². The van der Waals surface area contributed by atoms with Crippen LogP contribution >= 0.6 is 0 Å². The minimum Gasteiger partial charge on any atom is -0.436 e. The number of rotatable bonds is 4. The van der Waals surface area contributed by atoms with Gasteiger partial charge in [-0.25, -0.2) is 9.37 Å². The zero-order chi connectivity index (χ0) is 15.4. The number of nitrogens with one attached hydrogen (secondary N) is 2. The van der Waals surface area contributed by atoms with Crippen LogP contribution in [0.2, 0.25) is 0 Å². The molecule has 1 aliphatic rings. The Morgan fingerprint density at radius 2 is 2.23 bits per heavy atom. The summed E-state index contributed by atoms with van der Waals surface area (Å²) in [5.41, 5.74) is 0.977. The largest absolute Gasteiger partial charge is 0.436 e. The van der Waals surface area contributed by atoms with E-state index >= 15 is 0 Å². The van der Waals surface area contributed by atoms with Crippen LogP contribution in [-0.2, 0) is 6.54 Å². The van der Waals surface area contributed by atoms with Crippen LogP contribution in [0.25, 0.3) is 0 Å². The topological polar surface area (TPSA) is 58.5 Å². The molecule has 3 rings (SSSR count). The summed E-state index contributed by atoms with van der Waals surface area (Å²) >= 11 is 0. The second kappa shape index (κ2) is 6.43. The third kappa shape index (κ3) is 3.52. The van der Waals surface area contributed by atoms with Gasteiger partial charge < -0.3 is 15.4 Å². The summed E-state index contributed by atoms with van der Waals surface area (Å²) in [7, 11) is 0. The highest BCUT2D eigenvalue weighted by molar-refractivity contribution is 5.81. The van der Waals surface area contributed by atoms with Crippen LogP contribution < -0.4 is 15.4 Å². The Bertz CT molecular complexity index is 689. The number of benzene rings is 1. The number of guanidine groups is 1. The molecule has 0 bridgehead atoms. The molecule has 0 aliphatic carbocycles. The first-order valence-corrected chi connectivity index (χ1v) is 7.13. The monoisotopic (exact) mass is 300 g/mol. The van der Waals surface area contributed by atoms with E-state index in [0.29, 0.717) is 18.5 Å². The molecule has 1 atom stereocenters. The van der Waals surface area contributed by atoms with Crippen molar-refractivity contribution in [1.29, 1.82) is 0 Å². The maximum atomic E-state index is 13.6. The molecule has 1 aromatic heterocycles. The van der Waals surface area contributed by atoms with Gasteiger partial charge in [-0.05, 0) is 30.7 Å². The van der Waals surface area contributed by atoms with Gasteiger partial charge in [0.15, 0.2) is 17.5 Å². The van der Waals surface area contributed by atoms with Crippen molar-refractivity contribution >= 4 is 5.96 Å². The molecule has 2 N–H and O–H groups in total. The Labute approximate surface area is 128 Å². The smallest absolute Gasteiger partial charge is 0.219 e. The SMILES string of the molecule is CC1CN=C(NCc2ccnc(Oc3ccccc3F)c2)N1. The normalized spacial score (nSPS) is 16.8. The zero-order valence-electron chi connectivity index (χ0n) is 12.2. The van der Waals surface area contributed by atoms with Gasteiger partial charge in [0.2, 0.25) is 5.88 Å². The van der Waals surface area contributed by atoms with Crippen LogP contribution in [0.1, 0.15) is 12.5 Å². The first kappa shape index (κ1) is 14.3. The van der Waals surface area contributed by atoms with Crippen LogP contribution in [0, 0.1) is 5.82 Å². The predicted molar refractivity (Wildman–Crippen MR) is 82.5 cm³/mol. The summed E-state index contributed by atoms with van der Waals surface area (Å²) in [6.07, 6.45) is 1.64. The van der Waals surface area contributed by atoms with Gasteiger partial charge in [-0.3, -0.25) is 4.99 Å². The molecule has 0 saturated heterocycles. The van der Waals surface area contributed by atoms with Gasteiger partial charge in [0.25, 0.3) is 0 Å².